The van der Waals surface area contributed by atoms with Gasteiger partial charge in [-0.15, -0.1) is 0 Å². The molecule has 114 valence electrons. The summed E-state index contributed by atoms with van der Waals surface area (Å²) in [4.78, 5) is 12.1. The lowest BCUT2D eigenvalue weighted by molar-refractivity contribution is 0.635. The van der Waals surface area contributed by atoms with Gasteiger partial charge in [-0.3, -0.25) is 4.57 Å². The summed E-state index contributed by atoms with van der Waals surface area (Å²) in [7, 11) is -2.34. The van der Waals surface area contributed by atoms with E-state index in [1.807, 2.05) is 0 Å². The molecule has 0 radical (unpaired) electrons. The minimum absolute atomic E-state index is 0.0119. The van der Waals surface area contributed by atoms with Crippen molar-refractivity contribution < 1.29 is 8.60 Å². The van der Waals surface area contributed by atoms with Gasteiger partial charge in [0.1, 0.15) is 5.82 Å². The minimum Gasteiger partial charge on any atom is -0.282 e. The fraction of sp³-hybridized carbons (Fsp3) is 0.154. The molecule has 0 bridgehead atoms. The van der Waals surface area contributed by atoms with Crippen LogP contribution in [-0.4, -0.2) is 36.2 Å². The lowest BCUT2D eigenvalue weighted by Gasteiger charge is -2.04. The molecular weight excluding hydrogens is 329 g/mol. The molecule has 0 spiro atoms. The highest BCUT2D eigenvalue weighted by atomic mass is 35.5. The molecule has 0 N–H and O–H groups in total. The van der Waals surface area contributed by atoms with E-state index in [0.717, 1.165) is 0 Å². The van der Waals surface area contributed by atoms with Gasteiger partial charge in [0.15, 0.2) is 17.3 Å². The molecule has 0 saturated carbocycles. The first kappa shape index (κ1) is 14.9. The van der Waals surface area contributed by atoms with Crippen LogP contribution in [0.2, 0.25) is 5.28 Å². The Hall–Kier alpha value is -2.06. The molecule has 3 heterocycles. The van der Waals surface area contributed by atoms with Gasteiger partial charge in [0, 0.05) is 34.6 Å². The van der Waals surface area contributed by atoms with E-state index in [1.165, 1.54) is 29.5 Å². The molecule has 22 heavy (non-hydrogen) atoms. The monoisotopic (exact) mass is 339 g/mol. The second-order valence-electron chi connectivity index (χ2n) is 4.85. The third-order valence-electron chi connectivity index (χ3n) is 2.75. The van der Waals surface area contributed by atoms with Crippen LogP contribution in [0, 0.1) is 5.82 Å². The van der Waals surface area contributed by atoms with Crippen molar-refractivity contribution in [3.8, 4) is 5.82 Å². The van der Waals surface area contributed by atoms with E-state index < -0.39 is 15.5 Å². The van der Waals surface area contributed by atoms with E-state index in [0.29, 0.717) is 17.3 Å². The van der Waals surface area contributed by atoms with Crippen molar-refractivity contribution >= 4 is 38.2 Å². The molecule has 6 nitrogen and oxygen atoms in total. The number of rotatable bonds is 2. The summed E-state index contributed by atoms with van der Waals surface area (Å²) in [6.45, 7) is 0. The maximum atomic E-state index is 14.0. The van der Waals surface area contributed by atoms with Crippen molar-refractivity contribution in [2.24, 2.45) is 4.36 Å². The van der Waals surface area contributed by atoms with Crippen molar-refractivity contribution in [2.45, 2.75) is 0 Å². The van der Waals surface area contributed by atoms with Gasteiger partial charge in [-0.25, -0.2) is 18.6 Å². The number of halogens is 2. The Morgan fingerprint density at radius 3 is 2.82 bits per heavy atom. The van der Waals surface area contributed by atoms with E-state index in [4.69, 9.17) is 11.6 Å². The van der Waals surface area contributed by atoms with E-state index in [1.54, 1.807) is 18.2 Å². The lowest BCUT2D eigenvalue weighted by Crippen LogP contribution is -1.98. The van der Waals surface area contributed by atoms with Crippen LogP contribution >= 0.6 is 11.6 Å². The SMILES string of the molecule is CS(C)(=O)=Nc1cccc(-n2cc(F)c3cnc(Cl)nc32)n1. The molecule has 0 aliphatic carbocycles. The molecule has 0 saturated heterocycles. The van der Waals surface area contributed by atoms with Crippen LogP contribution in [0.5, 0.6) is 0 Å². The summed E-state index contributed by atoms with van der Waals surface area (Å²) in [5, 5.41) is 0.251. The van der Waals surface area contributed by atoms with Crippen molar-refractivity contribution in [1.29, 1.82) is 0 Å². The quantitative estimate of drug-likeness (QED) is 0.673. The summed E-state index contributed by atoms with van der Waals surface area (Å²) >= 11 is 5.77. The van der Waals surface area contributed by atoms with Crippen molar-refractivity contribution in [2.75, 3.05) is 12.5 Å². The molecule has 0 aromatic carbocycles. The molecule has 0 fully saturated rings. The molecule has 3 rings (SSSR count). The van der Waals surface area contributed by atoms with Gasteiger partial charge in [0.2, 0.25) is 5.28 Å². The van der Waals surface area contributed by atoms with Crippen molar-refractivity contribution in [1.82, 2.24) is 19.5 Å². The van der Waals surface area contributed by atoms with Crippen LogP contribution in [-0.2, 0) is 9.73 Å². The number of fused-ring (bicyclic) bond motifs is 1. The van der Waals surface area contributed by atoms with Gasteiger partial charge in [0.05, 0.1) is 5.39 Å². The second-order valence-corrected chi connectivity index (χ2v) is 7.73. The van der Waals surface area contributed by atoms with Crippen molar-refractivity contribution in [3.63, 3.8) is 0 Å². The molecule has 0 aliphatic heterocycles. The fourth-order valence-corrected chi connectivity index (χ4v) is 2.63. The van der Waals surface area contributed by atoms with Gasteiger partial charge in [-0.2, -0.15) is 9.35 Å². The zero-order valence-corrected chi connectivity index (χ0v) is 13.3. The zero-order valence-electron chi connectivity index (χ0n) is 11.7. The number of aromatic nitrogens is 4. The average Bonchev–Trinajstić information content (AvgIpc) is 2.74. The first-order chi connectivity index (χ1) is 10.3. The normalized spacial score (nSPS) is 11.8. The molecular formula is C13H11ClFN5OS. The molecule has 3 aromatic rings. The van der Waals surface area contributed by atoms with Gasteiger partial charge in [-0.05, 0) is 23.7 Å². The highest BCUT2D eigenvalue weighted by Crippen LogP contribution is 2.23. The first-order valence-electron chi connectivity index (χ1n) is 6.17. The maximum absolute atomic E-state index is 14.0. The van der Waals surface area contributed by atoms with Crippen LogP contribution in [0.25, 0.3) is 16.9 Å². The topological polar surface area (TPSA) is 73.0 Å². The zero-order chi connectivity index (χ0) is 15.9. The predicted octanol–water partition coefficient (Wildman–Crippen LogP) is 2.97. The smallest absolute Gasteiger partial charge is 0.224 e. The van der Waals surface area contributed by atoms with Gasteiger partial charge < -0.3 is 0 Å². The Bertz CT molecular complexity index is 985. The highest BCUT2D eigenvalue weighted by Gasteiger charge is 2.13. The lowest BCUT2D eigenvalue weighted by atomic mass is 10.4. The van der Waals surface area contributed by atoms with Crippen LogP contribution in [0.3, 0.4) is 0 Å². The largest absolute Gasteiger partial charge is 0.282 e. The summed E-state index contributed by atoms with van der Waals surface area (Å²) in [6.07, 6.45) is 5.59. The average molecular weight is 340 g/mol. The summed E-state index contributed by atoms with van der Waals surface area (Å²) in [6, 6.07) is 4.99. The Balaban J connectivity index is 2.22. The Kier molecular flexibility index (Phi) is 3.57. The highest BCUT2D eigenvalue weighted by molar-refractivity contribution is 7.92. The van der Waals surface area contributed by atoms with E-state index in [9.17, 15) is 8.60 Å². The van der Waals surface area contributed by atoms with Crippen LogP contribution in [0.4, 0.5) is 10.2 Å². The first-order valence-corrected chi connectivity index (χ1v) is 8.88. The van der Waals surface area contributed by atoms with Gasteiger partial charge in [0.25, 0.3) is 0 Å². The Labute approximate surface area is 131 Å². The van der Waals surface area contributed by atoms with Gasteiger partial charge in [-0.1, -0.05) is 6.07 Å². The second kappa shape index (κ2) is 5.29. The summed E-state index contributed by atoms with van der Waals surface area (Å²) < 4.78 is 31.2. The third kappa shape index (κ3) is 2.93. The van der Waals surface area contributed by atoms with Crippen LogP contribution in [0.1, 0.15) is 0 Å². The number of pyridine rings is 1. The summed E-state index contributed by atoms with van der Waals surface area (Å²) in [5.74, 6) is 0.217. The number of hydrogen-bond acceptors (Lipinski definition) is 5. The Morgan fingerprint density at radius 2 is 2.09 bits per heavy atom. The third-order valence-corrected chi connectivity index (χ3v) is 3.56. The van der Waals surface area contributed by atoms with Crippen molar-refractivity contribution in [3.05, 3.63) is 41.7 Å². The molecule has 9 heteroatoms. The maximum Gasteiger partial charge on any atom is 0.224 e. The molecule has 0 aliphatic rings. The number of hydrogen-bond donors (Lipinski definition) is 0. The van der Waals surface area contributed by atoms with E-state index in [-0.39, 0.29) is 10.7 Å². The van der Waals surface area contributed by atoms with Crippen LogP contribution < -0.4 is 0 Å². The fourth-order valence-electron chi connectivity index (χ4n) is 1.95. The predicted molar refractivity (Wildman–Crippen MR) is 83.7 cm³/mol. The molecule has 0 atom stereocenters. The Morgan fingerprint density at radius 1 is 1.32 bits per heavy atom. The summed E-state index contributed by atoms with van der Waals surface area (Å²) in [5.41, 5.74) is 0.302. The minimum atomic E-state index is -2.34. The van der Waals surface area contributed by atoms with Gasteiger partial charge >= 0.3 is 0 Å². The number of nitrogens with zero attached hydrogens (tertiary/aromatic N) is 5. The standard InChI is InChI=1S/C13H11ClFN5OS/c1-22(2,21)19-10-4-3-5-11(17-10)20-7-9(15)8-6-16-13(14)18-12(8)20/h3-7H,1-2H3. The molecule has 0 unspecified atom stereocenters. The van der Waals surface area contributed by atoms with E-state index >= 15 is 0 Å². The molecule has 3 aromatic heterocycles. The van der Waals surface area contributed by atoms with E-state index in [2.05, 4.69) is 19.3 Å². The molecule has 0 amide bonds. The van der Waals surface area contributed by atoms with Crippen LogP contribution in [0.15, 0.2) is 35.0 Å².